The van der Waals surface area contributed by atoms with E-state index in [-0.39, 0.29) is 5.82 Å². The van der Waals surface area contributed by atoms with E-state index in [2.05, 4.69) is 5.10 Å². The van der Waals surface area contributed by atoms with Crippen molar-refractivity contribution in [3.63, 3.8) is 0 Å². The van der Waals surface area contributed by atoms with Crippen LogP contribution in [0.5, 0.6) is 0 Å². The Labute approximate surface area is 88.9 Å². The lowest BCUT2D eigenvalue weighted by Crippen LogP contribution is -2.30. The van der Waals surface area contributed by atoms with E-state index >= 15 is 0 Å². The van der Waals surface area contributed by atoms with Crippen molar-refractivity contribution in [2.24, 2.45) is 0 Å². The van der Waals surface area contributed by atoms with Crippen molar-refractivity contribution in [1.82, 2.24) is 13.5 Å². The molecule has 0 saturated heterocycles. The lowest BCUT2D eigenvalue weighted by Gasteiger charge is -2.11. The van der Waals surface area contributed by atoms with Crippen molar-refractivity contribution < 1.29 is 8.42 Å². The van der Waals surface area contributed by atoms with E-state index in [1.54, 1.807) is 6.07 Å². The van der Waals surface area contributed by atoms with E-state index in [0.29, 0.717) is 5.92 Å². The molecule has 84 valence electrons. The molecule has 0 atom stereocenters. The summed E-state index contributed by atoms with van der Waals surface area (Å²) in [5.74, 6) is 0.566. The minimum Gasteiger partial charge on any atom is -0.383 e. The molecule has 7 heteroatoms. The van der Waals surface area contributed by atoms with E-state index < -0.39 is 10.2 Å². The minimum absolute atomic E-state index is 0.172. The summed E-state index contributed by atoms with van der Waals surface area (Å²) < 4.78 is 25.5. The van der Waals surface area contributed by atoms with Crippen LogP contribution in [0, 0.1) is 0 Å². The fourth-order valence-corrected chi connectivity index (χ4v) is 2.14. The molecule has 1 saturated carbocycles. The standard InChI is InChI=1S/C8H14N4O2S/c1-11(2)15(13,14)12-8(9)5-7(10-12)6-3-4-6/h5-6H,3-4,9H2,1-2H3. The van der Waals surface area contributed by atoms with Crippen molar-refractivity contribution in [2.45, 2.75) is 18.8 Å². The van der Waals surface area contributed by atoms with Crippen molar-refractivity contribution in [1.29, 1.82) is 0 Å². The zero-order valence-electron chi connectivity index (χ0n) is 8.71. The van der Waals surface area contributed by atoms with E-state index in [4.69, 9.17) is 5.73 Å². The van der Waals surface area contributed by atoms with Crippen LogP contribution in [0.3, 0.4) is 0 Å². The number of nitrogen functional groups attached to an aromatic ring is 1. The first-order valence-electron chi connectivity index (χ1n) is 4.71. The molecule has 0 aromatic carbocycles. The molecule has 6 nitrogen and oxygen atoms in total. The zero-order chi connectivity index (χ0) is 11.2. The highest BCUT2D eigenvalue weighted by atomic mass is 32.2. The van der Waals surface area contributed by atoms with Crippen molar-refractivity contribution >= 4 is 16.0 Å². The summed E-state index contributed by atoms with van der Waals surface area (Å²) in [6.45, 7) is 0. The van der Waals surface area contributed by atoms with Gasteiger partial charge >= 0.3 is 10.2 Å². The van der Waals surface area contributed by atoms with Crippen LogP contribution in [-0.2, 0) is 10.2 Å². The fourth-order valence-electron chi connectivity index (χ4n) is 1.32. The highest BCUT2D eigenvalue weighted by Gasteiger charge is 2.29. The molecule has 1 aromatic heterocycles. The van der Waals surface area contributed by atoms with Gasteiger partial charge in [0.1, 0.15) is 5.82 Å². The monoisotopic (exact) mass is 230 g/mol. The number of nitrogens with zero attached hydrogens (tertiary/aromatic N) is 3. The van der Waals surface area contributed by atoms with E-state index in [1.807, 2.05) is 0 Å². The third-order valence-corrected chi connectivity index (χ3v) is 4.05. The second-order valence-corrected chi connectivity index (χ2v) is 5.87. The maximum absolute atomic E-state index is 11.8. The second-order valence-electron chi connectivity index (χ2n) is 3.90. The van der Waals surface area contributed by atoms with Gasteiger partial charge in [-0.1, -0.05) is 0 Å². The predicted molar refractivity (Wildman–Crippen MR) is 56.6 cm³/mol. The maximum atomic E-state index is 11.8. The zero-order valence-corrected chi connectivity index (χ0v) is 9.53. The van der Waals surface area contributed by atoms with Crippen LogP contribution in [-0.4, -0.2) is 36.0 Å². The Morgan fingerprint density at radius 2 is 2.13 bits per heavy atom. The summed E-state index contributed by atoms with van der Waals surface area (Å²) in [7, 11) is -0.675. The average Bonchev–Trinajstić information content (AvgIpc) is 2.89. The first-order chi connectivity index (χ1) is 6.93. The molecular formula is C8H14N4O2S. The SMILES string of the molecule is CN(C)S(=O)(=O)n1nc(C2CC2)cc1N. The Bertz CT molecular complexity index is 473. The van der Waals surface area contributed by atoms with Crippen molar-refractivity contribution in [3.8, 4) is 0 Å². The van der Waals surface area contributed by atoms with Gasteiger partial charge in [0, 0.05) is 26.1 Å². The van der Waals surface area contributed by atoms with Gasteiger partial charge in [0.15, 0.2) is 0 Å². The molecule has 1 aromatic rings. The van der Waals surface area contributed by atoms with Gasteiger partial charge < -0.3 is 5.73 Å². The molecule has 15 heavy (non-hydrogen) atoms. The van der Waals surface area contributed by atoms with Gasteiger partial charge in [-0.25, -0.2) is 0 Å². The van der Waals surface area contributed by atoms with Gasteiger partial charge in [-0.2, -0.15) is 17.8 Å². The topological polar surface area (TPSA) is 81.2 Å². The first kappa shape index (κ1) is 10.4. The summed E-state index contributed by atoms with van der Waals surface area (Å²) in [6.07, 6.45) is 2.14. The Balaban J connectivity index is 2.44. The van der Waals surface area contributed by atoms with Crippen LogP contribution in [0.4, 0.5) is 5.82 Å². The van der Waals surface area contributed by atoms with Crippen LogP contribution in [0.25, 0.3) is 0 Å². The Hall–Kier alpha value is -1.08. The smallest absolute Gasteiger partial charge is 0.324 e. The largest absolute Gasteiger partial charge is 0.383 e. The van der Waals surface area contributed by atoms with Crippen molar-refractivity contribution in [3.05, 3.63) is 11.8 Å². The lowest BCUT2D eigenvalue weighted by atomic mass is 10.3. The third kappa shape index (κ3) is 1.72. The number of anilines is 1. The quantitative estimate of drug-likeness (QED) is 0.792. The summed E-state index contributed by atoms with van der Waals surface area (Å²) in [6, 6.07) is 1.64. The van der Waals surface area contributed by atoms with E-state index in [9.17, 15) is 8.42 Å². The summed E-state index contributed by atoms with van der Waals surface area (Å²) in [5, 5.41) is 4.03. The molecule has 0 bridgehead atoms. The normalized spacial score (nSPS) is 17.3. The Morgan fingerprint density at radius 3 is 2.60 bits per heavy atom. The average molecular weight is 230 g/mol. The minimum atomic E-state index is -3.58. The summed E-state index contributed by atoms with van der Waals surface area (Å²) in [5.41, 5.74) is 6.40. The number of hydrogen-bond acceptors (Lipinski definition) is 4. The molecule has 2 N–H and O–H groups in total. The molecular weight excluding hydrogens is 216 g/mol. The molecule has 1 heterocycles. The predicted octanol–water partition coefficient (Wildman–Crippen LogP) is -0.00280. The molecule has 0 spiro atoms. The number of nitrogens with two attached hydrogens (primary N) is 1. The van der Waals surface area contributed by atoms with E-state index in [1.165, 1.54) is 14.1 Å². The molecule has 0 unspecified atom stereocenters. The molecule has 1 fully saturated rings. The molecule has 0 aliphatic heterocycles. The van der Waals surface area contributed by atoms with Gasteiger partial charge in [-0.05, 0) is 12.8 Å². The fraction of sp³-hybridized carbons (Fsp3) is 0.625. The van der Waals surface area contributed by atoms with Gasteiger partial charge in [0.25, 0.3) is 0 Å². The number of rotatable bonds is 3. The van der Waals surface area contributed by atoms with Crippen LogP contribution < -0.4 is 5.73 Å². The first-order valence-corrected chi connectivity index (χ1v) is 6.11. The van der Waals surface area contributed by atoms with E-state index in [0.717, 1.165) is 26.9 Å². The summed E-state index contributed by atoms with van der Waals surface area (Å²) >= 11 is 0. The number of hydrogen-bond donors (Lipinski definition) is 1. The van der Waals surface area contributed by atoms with Gasteiger partial charge in [0.05, 0.1) is 5.69 Å². The maximum Gasteiger partial charge on any atom is 0.324 e. The summed E-state index contributed by atoms with van der Waals surface area (Å²) in [4.78, 5) is 0. The molecule has 1 aliphatic carbocycles. The van der Waals surface area contributed by atoms with Crippen molar-refractivity contribution in [2.75, 3.05) is 19.8 Å². The highest BCUT2D eigenvalue weighted by molar-refractivity contribution is 7.87. The molecule has 2 rings (SSSR count). The molecule has 0 amide bonds. The third-order valence-electron chi connectivity index (χ3n) is 2.40. The molecule has 1 aliphatic rings. The second kappa shape index (κ2) is 3.21. The number of aromatic nitrogens is 2. The van der Waals surface area contributed by atoms with Gasteiger partial charge in [0.2, 0.25) is 0 Å². The van der Waals surface area contributed by atoms with Gasteiger partial charge in [-0.15, -0.1) is 4.09 Å². The van der Waals surface area contributed by atoms with Crippen LogP contribution in [0.15, 0.2) is 6.07 Å². The highest BCUT2D eigenvalue weighted by Crippen LogP contribution is 2.39. The Morgan fingerprint density at radius 1 is 1.53 bits per heavy atom. The Kier molecular flexibility index (Phi) is 2.23. The van der Waals surface area contributed by atoms with Crippen LogP contribution in [0.2, 0.25) is 0 Å². The van der Waals surface area contributed by atoms with Gasteiger partial charge in [-0.3, -0.25) is 0 Å². The van der Waals surface area contributed by atoms with Crippen LogP contribution in [0.1, 0.15) is 24.5 Å². The molecule has 0 radical (unpaired) electrons. The van der Waals surface area contributed by atoms with Crippen LogP contribution >= 0.6 is 0 Å². The lowest BCUT2D eigenvalue weighted by molar-refractivity contribution is 0.504.